The van der Waals surface area contributed by atoms with Gasteiger partial charge in [-0.1, -0.05) is 90.2 Å². The Hall–Kier alpha value is -3.94. The predicted molar refractivity (Wildman–Crippen MR) is 180 cm³/mol. The fraction of sp³-hybridized carbons (Fsp3) is 0.400. The summed E-state index contributed by atoms with van der Waals surface area (Å²) in [5.41, 5.74) is 2.02. The molecule has 0 unspecified atom stereocenters. The van der Waals surface area contributed by atoms with Gasteiger partial charge >= 0.3 is 0 Å². The van der Waals surface area contributed by atoms with E-state index in [1.807, 2.05) is 0 Å². The van der Waals surface area contributed by atoms with Crippen LogP contribution in [0.25, 0.3) is 33.4 Å². The lowest BCUT2D eigenvalue weighted by Crippen LogP contribution is -2.02. The molecule has 0 aromatic heterocycles. The third-order valence-electron chi connectivity index (χ3n) is 8.39. The van der Waals surface area contributed by atoms with Gasteiger partial charge in [-0.2, -0.15) is 0 Å². The summed E-state index contributed by atoms with van der Waals surface area (Å²) in [6, 6.07) is 13.7. The minimum Gasteiger partial charge on any atom is -0.493 e. The van der Waals surface area contributed by atoms with Gasteiger partial charge in [0.1, 0.15) is 11.5 Å². The molecule has 8 heteroatoms. The summed E-state index contributed by atoms with van der Waals surface area (Å²) in [5, 5.41) is 0. The summed E-state index contributed by atoms with van der Waals surface area (Å²) in [6.07, 6.45) is 12.7. The highest BCUT2D eigenvalue weighted by atomic mass is 19.2. The Kier molecular flexibility index (Phi) is 14.3. The molecule has 0 fully saturated rings. The van der Waals surface area contributed by atoms with Gasteiger partial charge in [-0.25, -0.2) is 26.3 Å². The molecule has 48 heavy (non-hydrogen) atoms. The van der Waals surface area contributed by atoms with E-state index < -0.39 is 34.9 Å². The fourth-order valence-corrected chi connectivity index (χ4v) is 5.67. The Balaban J connectivity index is 1.75. The van der Waals surface area contributed by atoms with E-state index in [9.17, 15) is 26.3 Å². The van der Waals surface area contributed by atoms with Gasteiger partial charge in [0.15, 0.2) is 34.9 Å². The second kappa shape index (κ2) is 18.6. The summed E-state index contributed by atoms with van der Waals surface area (Å²) in [7, 11) is 0. The molecule has 0 N–H and O–H groups in total. The van der Waals surface area contributed by atoms with Crippen LogP contribution in [0.5, 0.6) is 11.5 Å². The van der Waals surface area contributed by atoms with Gasteiger partial charge in [0.2, 0.25) is 0 Å². The molecule has 0 heterocycles. The molecule has 0 aliphatic carbocycles. The highest BCUT2D eigenvalue weighted by Gasteiger charge is 2.19. The van der Waals surface area contributed by atoms with Crippen LogP contribution in [0, 0.1) is 34.9 Å². The van der Waals surface area contributed by atoms with Crippen molar-refractivity contribution < 1.29 is 35.8 Å². The van der Waals surface area contributed by atoms with Crippen molar-refractivity contribution >= 4 is 0 Å². The molecule has 2 nitrogen and oxygen atoms in total. The highest BCUT2D eigenvalue weighted by molar-refractivity contribution is 5.84. The number of halogens is 6. The van der Waals surface area contributed by atoms with Crippen LogP contribution in [-0.4, -0.2) is 13.2 Å². The van der Waals surface area contributed by atoms with Crippen molar-refractivity contribution in [3.8, 4) is 44.9 Å². The van der Waals surface area contributed by atoms with Gasteiger partial charge in [-0.15, -0.1) is 0 Å². The van der Waals surface area contributed by atoms with E-state index in [-0.39, 0.29) is 11.1 Å². The third kappa shape index (κ3) is 10.0. The summed E-state index contributed by atoms with van der Waals surface area (Å²) in [6.45, 7) is 5.15. The SMILES string of the molecule is CCCCCCCCOc1ccc(-c2cc(F)c(F)c(F)c2)cc1-c1cc(-c2cc(F)c(F)c(F)c2)ccc1OCCCCCCCC. The quantitative estimate of drug-likeness (QED) is 0.0562. The van der Waals surface area contributed by atoms with Crippen LogP contribution < -0.4 is 9.47 Å². The minimum atomic E-state index is -1.56. The first-order chi connectivity index (χ1) is 23.2. The topological polar surface area (TPSA) is 18.5 Å². The molecule has 0 spiro atoms. The van der Waals surface area contributed by atoms with Gasteiger partial charge in [-0.05, 0) is 83.6 Å². The van der Waals surface area contributed by atoms with E-state index in [1.165, 1.54) is 12.8 Å². The zero-order valence-electron chi connectivity index (χ0n) is 27.8. The Morgan fingerprint density at radius 2 is 0.729 bits per heavy atom. The molecule has 0 bridgehead atoms. The smallest absolute Gasteiger partial charge is 0.194 e. The molecule has 4 rings (SSSR count). The van der Waals surface area contributed by atoms with Crippen LogP contribution in [0.4, 0.5) is 26.3 Å². The molecule has 0 saturated carbocycles. The molecule has 0 amide bonds. The zero-order chi connectivity index (χ0) is 34.5. The molecule has 0 saturated heterocycles. The molecule has 0 aliphatic rings. The van der Waals surface area contributed by atoms with E-state index in [0.29, 0.717) is 47.0 Å². The maximum atomic E-state index is 14.3. The standard InChI is InChI=1S/C40H44F6O2/c1-3-5-7-9-11-13-19-47-37-17-15-27(29-23-33(41)39(45)34(42)24-29)21-31(37)32-22-28(30-25-35(43)40(46)36(44)26-30)16-18-38(32)48-20-14-12-10-8-6-4-2/h15-18,21-26H,3-14,19-20H2,1-2H3. The van der Waals surface area contributed by atoms with Crippen molar-refractivity contribution in [2.24, 2.45) is 0 Å². The van der Waals surface area contributed by atoms with Crippen LogP contribution in [0.1, 0.15) is 90.9 Å². The highest BCUT2D eigenvalue weighted by Crippen LogP contribution is 2.42. The van der Waals surface area contributed by atoms with Crippen molar-refractivity contribution in [1.29, 1.82) is 0 Å². The van der Waals surface area contributed by atoms with Crippen molar-refractivity contribution in [2.75, 3.05) is 13.2 Å². The Bertz CT molecular complexity index is 1470. The maximum Gasteiger partial charge on any atom is 0.194 e. The molecule has 0 atom stereocenters. The van der Waals surface area contributed by atoms with Gasteiger partial charge in [0.05, 0.1) is 13.2 Å². The van der Waals surface area contributed by atoms with E-state index in [2.05, 4.69) is 13.8 Å². The molecular formula is C40H44F6O2. The van der Waals surface area contributed by atoms with Crippen LogP contribution in [0.2, 0.25) is 0 Å². The molecule has 0 radical (unpaired) electrons. The lowest BCUT2D eigenvalue weighted by Gasteiger charge is -2.18. The molecule has 258 valence electrons. The Labute approximate surface area is 280 Å². The Morgan fingerprint density at radius 1 is 0.396 bits per heavy atom. The van der Waals surface area contributed by atoms with Crippen LogP contribution in [-0.2, 0) is 0 Å². The van der Waals surface area contributed by atoms with Gasteiger partial charge in [-0.3, -0.25) is 0 Å². The fourth-order valence-electron chi connectivity index (χ4n) is 5.67. The molecule has 4 aromatic carbocycles. The van der Waals surface area contributed by atoms with E-state index in [0.717, 1.165) is 88.5 Å². The van der Waals surface area contributed by atoms with Crippen LogP contribution >= 0.6 is 0 Å². The lowest BCUT2D eigenvalue weighted by molar-refractivity contribution is 0.301. The Morgan fingerprint density at radius 3 is 1.08 bits per heavy atom. The summed E-state index contributed by atoms with van der Waals surface area (Å²) in [4.78, 5) is 0. The average Bonchev–Trinajstić information content (AvgIpc) is 3.08. The number of hydrogen-bond acceptors (Lipinski definition) is 2. The third-order valence-corrected chi connectivity index (χ3v) is 8.39. The summed E-state index contributed by atoms with van der Waals surface area (Å²) < 4.78 is 97.2. The van der Waals surface area contributed by atoms with Crippen molar-refractivity contribution in [3.63, 3.8) is 0 Å². The van der Waals surface area contributed by atoms with Crippen LogP contribution in [0.15, 0.2) is 60.7 Å². The first-order valence-electron chi connectivity index (χ1n) is 17.1. The van der Waals surface area contributed by atoms with E-state index in [4.69, 9.17) is 9.47 Å². The average molecular weight is 671 g/mol. The summed E-state index contributed by atoms with van der Waals surface area (Å²) in [5.74, 6) is -7.47. The normalized spacial score (nSPS) is 11.2. The van der Waals surface area contributed by atoms with Crippen molar-refractivity contribution in [3.05, 3.63) is 95.6 Å². The number of unbranched alkanes of at least 4 members (excludes halogenated alkanes) is 10. The van der Waals surface area contributed by atoms with Gasteiger partial charge in [0, 0.05) is 11.1 Å². The second-order valence-electron chi connectivity index (χ2n) is 12.2. The van der Waals surface area contributed by atoms with Gasteiger partial charge < -0.3 is 9.47 Å². The first-order valence-corrected chi connectivity index (χ1v) is 17.1. The predicted octanol–water partition coefficient (Wildman–Crippen LogP) is 13.0. The molecular weight excluding hydrogens is 626 g/mol. The van der Waals surface area contributed by atoms with Crippen molar-refractivity contribution in [1.82, 2.24) is 0 Å². The minimum absolute atomic E-state index is 0.114. The number of rotatable bonds is 19. The summed E-state index contributed by atoms with van der Waals surface area (Å²) >= 11 is 0. The number of hydrogen-bond donors (Lipinski definition) is 0. The zero-order valence-corrected chi connectivity index (χ0v) is 27.8. The van der Waals surface area contributed by atoms with Crippen molar-refractivity contribution in [2.45, 2.75) is 90.9 Å². The largest absolute Gasteiger partial charge is 0.493 e. The molecule has 4 aromatic rings. The monoisotopic (exact) mass is 670 g/mol. The van der Waals surface area contributed by atoms with E-state index in [1.54, 1.807) is 36.4 Å². The number of benzene rings is 4. The number of ether oxygens (including phenoxy) is 2. The van der Waals surface area contributed by atoms with E-state index >= 15 is 0 Å². The maximum absolute atomic E-state index is 14.3. The molecule has 0 aliphatic heterocycles. The van der Waals surface area contributed by atoms with Crippen LogP contribution in [0.3, 0.4) is 0 Å². The first kappa shape index (κ1) is 36.9. The second-order valence-corrected chi connectivity index (χ2v) is 12.2. The van der Waals surface area contributed by atoms with Gasteiger partial charge in [0.25, 0.3) is 0 Å². The lowest BCUT2D eigenvalue weighted by atomic mass is 9.94.